The van der Waals surface area contributed by atoms with Crippen molar-refractivity contribution >= 4 is 27.7 Å². The van der Waals surface area contributed by atoms with E-state index >= 15 is 0 Å². The number of esters is 1. The van der Waals surface area contributed by atoms with Crippen molar-refractivity contribution in [1.82, 2.24) is 0 Å². The Morgan fingerprint density at radius 2 is 1.89 bits per heavy atom. The number of halogens is 1. The van der Waals surface area contributed by atoms with Crippen LogP contribution in [0.1, 0.15) is 19.8 Å². The predicted octanol–water partition coefficient (Wildman–Crippen LogP) is 2.39. The summed E-state index contributed by atoms with van der Waals surface area (Å²) in [5, 5.41) is 0.511. The molecule has 0 aromatic heterocycles. The third-order valence-electron chi connectivity index (χ3n) is 2.14. The average molecular weight is 307 g/mol. The van der Waals surface area contributed by atoms with Gasteiger partial charge in [-0.3, -0.25) is 4.18 Å². The molecule has 0 aliphatic carbocycles. The van der Waals surface area contributed by atoms with Crippen molar-refractivity contribution in [3.8, 4) is 5.75 Å². The predicted molar refractivity (Wildman–Crippen MR) is 71.7 cm³/mol. The van der Waals surface area contributed by atoms with Crippen LogP contribution in [-0.4, -0.2) is 26.7 Å². The molecule has 0 aliphatic rings. The van der Waals surface area contributed by atoms with E-state index in [0.29, 0.717) is 11.4 Å². The molecule has 1 rings (SSSR count). The highest BCUT2D eigenvalue weighted by Gasteiger charge is 2.25. The summed E-state index contributed by atoms with van der Waals surface area (Å²) < 4.78 is 31.9. The molecule has 0 amide bonds. The Hall–Kier alpha value is -1.11. The molecule has 0 heterocycles. The maximum absolute atomic E-state index is 11.8. The van der Waals surface area contributed by atoms with E-state index in [-0.39, 0.29) is 12.2 Å². The fourth-order valence-electron chi connectivity index (χ4n) is 1.36. The van der Waals surface area contributed by atoms with Gasteiger partial charge in [0.2, 0.25) is 0 Å². The number of rotatable bonds is 6. The van der Waals surface area contributed by atoms with Crippen molar-refractivity contribution in [3.63, 3.8) is 0 Å². The van der Waals surface area contributed by atoms with Gasteiger partial charge in [-0.05, 0) is 30.7 Å². The standard InChI is InChI=1S/C12H15ClO5S/c1-3-4-11(18-19(2,15)16)12(14)17-10-7-5-9(13)6-8-10/h5-8,11H,3-4H2,1-2H3/t11-/m0/s1. The van der Waals surface area contributed by atoms with E-state index in [2.05, 4.69) is 0 Å². The molecule has 0 aliphatic heterocycles. The highest BCUT2D eigenvalue weighted by atomic mass is 35.5. The van der Waals surface area contributed by atoms with Crippen LogP contribution in [0.3, 0.4) is 0 Å². The third-order valence-corrected chi connectivity index (χ3v) is 2.97. The lowest BCUT2D eigenvalue weighted by molar-refractivity contribution is -0.142. The maximum atomic E-state index is 11.8. The van der Waals surface area contributed by atoms with Gasteiger partial charge in [-0.25, -0.2) is 4.79 Å². The lowest BCUT2D eigenvalue weighted by Gasteiger charge is -2.14. The summed E-state index contributed by atoms with van der Waals surface area (Å²) in [4.78, 5) is 11.8. The van der Waals surface area contributed by atoms with E-state index in [9.17, 15) is 13.2 Å². The van der Waals surface area contributed by atoms with Gasteiger partial charge >= 0.3 is 5.97 Å². The van der Waals surface area contributed by atoms with E-state index < -0.39 is 22.2 Å². The van der Waals surface area contributed by atoms with Crippen LogP contribution in [0.15, 0.2) is 24.3 Å². The van der Waals surface area contributed by atoms with Crippen molar-refractivity contribution in [2.24, 2.45) is 0 Å². The summed E-state index contributed by atoms with van der Waals surface area (Å²) >= 11 is 5.70. The Morgan fingerprint density at radius 3 is 2.37 bits per heavy atom. The Kier molecular flexibility index (Phi) is 5.78. The molecule has 7 heteroatoms. The Bertz CT molecular complexity index is 524. The van der Waals surface area contributed by atoms with E-state index in [1.165, 1.54) is 12.1 Å². The SMILES string of the molecule is CCC[C@H](OS(C)(=O)=O)C(=O)Oc1ccc(Cl)cc1. The molecule has 0 radical (unpaired) electrons. The van der Waals surface area contributed by atoms with Crippen LogP contribution in [0, 0.1) is 0 Å². The normalized spacial score (nSPS) is 13.0. The molecule has 0 unspecified atom stereocenters. The van der Waals surface area contributed by atoms with E-state index in [1.807, 2.05) is 6.92 Å². The first-order valence-electron chi connectivity index (χ1n) is 5.67. The van der Waals surface area contributed by atoms with Gasteiger partial charge in [0.25, 0.3) is 10.1 Å². The number of hydrogen-bond acceptors (Lipinski definition) is 5. The summed E-state index contributed by atoms with van der Waals surface area (Å²) in [5.74, 6) is -0.456. The van der Waals surface area contributed by atoms with E-state index in [0.717, 1.165) is 6.26 Å². The number of hydrogen-bond donors (Lipinski definition) is 0. The molecule has 1 aromatic rings. The lowest BCUT2D eigenvalue weighted by Crippen LogP contribution is -2.30. The first-order chi connectivity index (χ1) is 8.81. The van der Waals surface area contributed by atoms with Gasteiger partial charge in [0.1, 0.15) is 5.75 Å². The number of carbonyl (C=O) groups is 1. The van der Waals surface area contributed by atoms with Crippen molar-refractivity contribution < 1.29 is 22.1 Å². The summed E-state index contributed by atoms with van der Waals surface area (Å²) in [5.41, 5.74) is 0. The van der Waals surface area contributed by atoms with Crippen molar-refractivity contribution in [1.29, 1.82) is 0 Å². The summed E-state index contributed by atoms with van der Waals surface area (Å²) in [6, 6.07) is 6.17. The van der Waals surface area contributed by atoms with Crippen molar-refractivity contribution in [2.75, 3.05) is 6.26 Å². The smallest absolute Gasteiger partial charge is 0.342 e. The molecule has 0 fully saturated rings. The molecule has 106 valence electrons. The molecule has 0 spiro atoms. The van der Waals surface area contributed by atoms with Crippen LogP contribution in [0.2, 0.25) is 5.02 Å². The molecule has 5 nitrogen and oxygen atoms in total. The number of carbonyl (C=O) groups excluding carboxylic acids is 1. The zero-order valence-corrected chi connectivity index (χ0v) is 12.2. The lowest BCUT2D eigenvalue weighted by atomic mass is 10.2. The van der Waals surface area contributed by atoms with Gasteiger partial charge < -0.3 is 4.74 Å². The van der Waals surface area contributed by atoms with E-state index in [4.69, 9.17) is 20.5 Å². The topological polar surface area (TPSA) is 69.7 Å². The second-order valence-corrected chi connectivity index (χ2v) is 5.99. The fourth-order valence-corrected chi connectivity index (χ4v) is 2.09. The summed E-state index contributed by atoms with van der Waals surface area (Å²) in [7, 11) is -3.71. The van der Waals surface area contributed by atoms with Crippen LogP contribution in [0.25, 0.3) is 0 Å². The Balaban J connectivity index is 2.74. The van der Waals surface area contributed by atoms with Crippen molar-refractivity contribution in [2.45, 2.75) is 25.9 Å². The Morgan fingerprint density at radius 1 is 1.32 bits per heavy atom. The van der Waals surface area contributed by atoms with Gasteiger partial charge in [0.05, 0.1) is 6.26 Å². The highest BCUT2D eigenvalue weighted by molar-refractivity contribution is 7.86. The van der Waals surface area contributed by atoms with Gasteiger partial charge in [-0.2, -0.15) is 8.42 Å². The molecule has 1 atom stereocenters. The van der Waals surface area contributed by atoms with Crippen LogP contribution < -0.4 is 4.74 Å². The molecular formula is C12H15ClO5S. The first kappa shape index (κ1) is 15.9. The Labute approximate surface area is 117 Å². The summed E-state index contributed by atoms with van der Waals surface area (Å²) in [6.45, 7) is 1.81. The number of benzene rings is 1. The second kappa shape index (κ2) is 6.88. The minimum absolute atomic E-state index is 0.263. The summed E-state index contributed by atoms with van der Waals surface area (Å²) in [6.07, 6.45) is 0.622. The minimum atomic E-state index is -3.71. The number of ether oxygens (including phenoxy) is 1. The van der Waals surface area contributed by atoms with Gasteiger partial charge in [0.15, 0.2) is 6.10 Å². The average Bonchev–Trinajstić information content (AvgIpc) is 2.30. The molecule has 19 heavy (non-hydrogen) atoms. The first-order valence-corrected chi connectivity index (χ1v) is 7.87. The minimum Gasteiger partial charge on any atom is -0.425 e. The zero-order valence-electron chi connectivity index (χ0n) is 10.6. The van der Waals surface area contributed by atoms with Crippen LogP contribution in [-0.2, 0) is 19.1 Å². The molecule has 1 aromatic carbocycles. The van der Waals surface area contributed by atoms with Gasteiger partial charge in [-0.15, -0.1) is 0 Å². The third kappa shape index (κ3) is 6.04. The van der Waals surface area contributed by atoms with Gasteiger partial charge in [0, 0.05) is 5.02 Å². The van der Waals surface area contributed by atoms with Crippen molar-refractivity contribution in [3.05, 3.63) is 29.3 Å². The van der Waals surface area contributed by atoms with E-state index in [1.54, 1.807) is 12.1 Å². The quantitative estimate of drug-likeness (QED) is 0.458. The molecule has 0 bridgehead atoms. The maximum Gasteiger partial charge on any atom is 0.342 e. The highest BCUT2D eigenvalue weighted by Crippen LogP contribution is 2.17. The zero-order chi connectivity index (χ0) is 14.5. The van der Waals surface area contributed by atoms with Crippen LogP contribution >= 0.6 is 11.6 Å². The second-order valence-electron chi connectivity index (χ2n) is 3.95. The fraction of sp³-hybridized carbons (Fsp3) is 0.417. The molecule has 0 N–H and O–H groups in total. The monoisotopic (exact) mass is 306 g/mol. The largest absolute Gasteiger partial charge is 0.425 e. The molecule has 0 saturated carbocycles. The van der Waals surface area contributed by atoms with Crippen LogP contribution in [0.5, 0.6) is 5.75 Å². The molecule has 0 saturated heterocycles. The van der Waals surface area contributed by atoms with Gasteiger partial charge in [-0.1, -0.05) is 24.9 Å². The van der Waals surface area contributed by atoms with Crippen LogP contribution in [0.4, 0.5) is 0 Å². The molecular weight excluding hydrogens is 292 g/mol.